The number of rotatable bonds is 1. The zero-order chi connectivity index (χ0) is 11.1. The smallest absolute Gasteiger partial charge is 0.119 e. The van der Waals surface area contributed by atoms with Crippen molar-refractivity contribution in [2.45, 2.75) is 13.0 Å². The second-order valence-electron chi connectivity index (χ2n) is 4.13. The monoisotopic (exact) mass is 233 g/mol. The van der Waals surface area contributed by atoms with Crippen LogP contribution in [0, 0.1) is 0 Å². The molecule has 1 heterocycles. The van der Waals surface area contributed by atoms with E-state index in [1.54, 1.807) is 0 Å². The van der Waals surface area contributed by atoms with Gasteiger partial charge in [0.1, 0.15) is 5.84 Å². The normalized spacial score (nSPS) is 18.4. The Labute approximate surface area is 99.2 Å². The van der Waals surface area contributed by atoms with Crippen molar-refractivity contribution in [2.24, 2.45) is 10.7 Å². The zero-order valence-electron chi connectivity index (χ0n) is 8.78. The predicted molar refractivity (Wildman–Crippen MR) is 65.8 cm³/mol. The number of aliphatic imine (C=N–C) groups is 1. The lowest BCUT2D eigenvalue weighted by molar-refractivity contribution is 0.400. The third-order valence-electron chi connectivity index (χ3n) is 2.81. The summed E-state index contributed by atoms with van der Waals surface area (Å²) in [7, 11) is 0. The maximum absolute atomic E-state index is 6.00. The quantitative estimate of drug-likeness (QED) is 0.810. The van der Waals surface area contributed by atoms with Gasteiger partial charge in [-0.15, -0.1) is 0 Å². The minimum absolute atomic E-state index is 0.661. The van der Waals surface area contributed by atoms with E-state index in [4.69, 9.17) is 17.3 Å². The second kappa shape index (κ2) is 3.52. The molecule has 3 rings (SSSR count). The predicted octanol–water partition coefficient (Wildman–Crippen LogP) is 2.43. The Morgan fingerprint density at radius 1 is 1.31 bits per heavy atom. The average molecular weight is 234 g/mol. The summed E-state index contributed by atoms with van der Waals surface area (Å²) in [6.07, 6.45) is 3.27. The van der Waals surface area contributed by atoms with Crippen molar-refractivity contribution in [3.63, 3.8) is 0 Å². The molecular formula is C12H12ClN3. The van der Waals surface area contributed by atoms with Gasteiger partial charge in [-0.2, -0.15) is 0 Å². The van der Waals surface area contributed by atoms with Gasteiger partial charge in [0, 0.05) is 23.7 Å². The molecule has 0 amide bonds. The fraction of sp³-hybridized carbons (Fsp3) is 0.250. The molecule has 0 atom stereocenters. The summed E-state index contributed by atoms with van der Waals surface area (Å²) < 4.78 is 0. The van der Waals surface area contributed by atoms with Crippen LogP contribution in [0.1, 0.15) is 12.0 Å². The number of nitrogens with zero attached hydrogens (tertiary/aromatic N) is 2. The van der Waals surface area contributed by atoms with Crippen LogP contribution in [0.25, 0.3) is 0 Å². The van der Waals surface area contributed by atoms with Crippen LogP contribution >= 0.6 is 11.6 Å². The molecule has 0 saturated heterocycles. The van der Waals surface area contributed by atoms with Crippen LogP contribution in [-0.2, 0) is 6.54 Å². The fourth-order valence-electron chi connectivity index (χ4n) is 1.94. The Balaban J connectivity index is 2.02. The number of benzene rings is 1. The van der Waals surface area contributed by atoms with Crippen LogP contribution in [0.15, 0.2) is 35.0 Å². The van der Waals surface area contributed by atoms with Crippen LogP contribution < -0.4 is 5.73 Å². The van der Waals surface area contributed by atoms with Crippen LogP contribution in [0.5, 0.6) is 0 Å². The van der Waals surface area contributed by atoms with E-state index in [1.165, 1.54) is 5.70 Å². The summed E-state index contributed by atoms with van der Waals surface area (Å²) >= 11 is 6.00. The first-order chi connectivity index (χ1) is 7.72. The lowest BCUT2D eigenvalue weighted by Gasteiger charge is -2.19. The standard InChI is InChI=1S/C12H12ClN3/c13-9-1-4-11-8(5-9)6-16(10-2-3-10)7-12(14)15-11/h1-2,4-5H,3,6-7H2,(H2,14,15). The van der Waals surface area contributed by atoms with E-state index < -0.39 is 0 Å². The first kappa shape index (κ1) is 9.73. The van der Waals surface area contributed by atoms with Gasteiger partial charge in [-0.25, -0.2) is 4.99 Å². The van der Waals surface area contributed by atoms with Crippen molar-refractivity contribution >= 4 is 23.1 Å². The van der Waals surface area contributed by atoms with E-state index in [0.717, 1.165) is 29.2 Å². The summed E-state index contributed by atoms with van der Waals surface area (Å²) in [6, 6.07) is 5.74. The molecule has 0 saturated carbocycles. The summed E-state index contributed by atoms with van der Waals surface area (Å²) in [6.45, 7) is 1.55. The number of hydrogen-bond donors (Lipinski definition) is 1. The van der Waals surface area contributed by atoms with E-state index in [2.05, 4.69) is 16.0 Å². The van der Waals surface area contributed by atoms with Gasteiger partial charge in [0.2, 0.25) is 0 Å². The van der Waals surface area contributed by atoms with Crippen molar-refractivity contribution in [1.82, 2.24) is 4.90 Å². The van der Waals surface area contributed by atoms with Crippen LogP contribution in [0.2, 0.25) is 5.02 Å². The van der Waals surface area contributed by atoms with Crippen molar-refractivity contribution in [2.75, 3.05) is 6.54 Å². The average Bonchev–Trinajstić information content (AvgIpc) is 3.02. The summed E-state index contributed by atoms with van der Waals surface area (Å²) in [5, 5.41) is 0.749. The molecule has 0 spiro atoms. The molecule has 16 heavy (non-hydrogen) atoms. The third kappa shape index (κ3) is 1.78. The first-order valence-corrected chi connectivity index (χ1v) is 5.65. The SMILES string of the molecule is NC1=Nc2ccc(Cl)cc2CN(C2=CC2)C1. The maximum atomic E-state index is 6.00. The molecule has 1 aromatic carbocycles. The molecule has 2 aliphatic rings. The number of fused-ring (bicyclic) bond motifs is 1. The van der Waals surface area contributed by atoms with Crippen LogP contribution in [-0.4, -0.2) is 17.3 Å². The van der Waals surface area contributed by atoms with Gasteiger partial charge in [-0.1, -0.05) is 17.7 Å². The van der Waals surface area contributed by atoms with Crippen LogP contribution in [0.4, 0.5) is 5.69 Å². The molecule has 0 fully saturated rings. The molecule has 1 aromatic rings. The number of halogens is 1. The molecule has 2 N–H and O–H groups in total. The summed E-state index contributed by atoms with van der Waals surface area (Å²) in [4.78, 5) is 6.66. The zero-order valence-corrected chi connectivity index (χ0v) is 9.54. The van der Waals surface area contributed by atoms with Gasteiger partial charge in [0.05, 0.1) is 12.2 Å². The van der Waals surface area contributed by atoms with Crippen molar-refractivity contribution in [3.05, 3.63) is 40.6 Å². The molecule has 0 radical (unpaired) electrons. The largest absolute Gasteiger partial charge is 0.386 e. The van der Waals surface area contributed by atoms with Gasteiger partial charge in [-0.05, 0) is 23.8 Å². The van der Waals surface area contributed by atoms with Gasteiger partial charge in [-0.3, -0.25) is 0 Å². The topological polar surface area (TPSA) is 41.6 Å². The number of amidine groups is 1. The number of hydrogen-bond acceptors (Lipinski definition) is 3. The second-order valence-corrected chi connectivity index (χ2v) is 4.57. The minimum Gasteiger partial charge on any atom is -0.386 e. The fourth-order valence-corrected chi connectivity index (χ4v) is 2.14. The van der Waals surface area contributed by atoms with Gasteiger partial charge in [0.15, 0.2) is 0 Å². The van der Waals surface area contributed by atoms with Crippen molar-refractivity contribution in [1.29, 1.82) is 0 Å². The first-order valence-electron chi connectivity index (χ1n) is 5.28. The minimum atomic E-state index is 0.661. The lowest BCUT2D eigenvalue weighted by atomic mass is 10.2. The maximum Gasteiger partial charge on any atom is 0.119 e. The third-order valence-corrected chi connectivity index (χ3v) is 3.05. The molecule has 3 nitrogen and oxygen atoms in total. The number of allylic oxidation sites excluding steroid dienone is 2. The Morgan fingerprint density at radius 2 is 2.12 bits per heavy atom. The van der Waals surface area contributed by atoms with E-state index in [0.29, 0.717) is 12.4 Å². The molecule has 1 aliphatic carbocycles. The molecule has 82 valence electrons. The van der Waals surface area contributed by atoms with Crippen LogP contribution in [0.3, 0.4) is 0 Å². The van der Waals surface area contributed by atoms with E-state index in [1.807, 2.05) is 18.2 Å². The Bertz CT molecular complexity index is 505. The molecule has 1 aliphatic heterocycles. The Kier molecular flexibility index (Phi) is 2.14. The lowest BCUT2D eigenvalue weighted by Crippen LogP contribution is -2.29. The molecule has 0 unspecified atom stereocenters. The molecule has 0 bridgehead atoms. The Morgan fingerprint density at radius 3 is 2.88 bits per heavy atom. The molecule has 4 heteroatoms. The highest BCUT2D eigenvalue weighted by atomic mass is 35.5. The van der Waals surface area contributed by atoms with E-state index in [-0.39, 0.29) is 0 Å². The summed E-state index contributed by atoms with van der Waals surface area (Å²) in [5.74, 6) is 0.661. The van der Waals surface area contributed by atoms with E-state index in [9.17, 15) is 0 Å². The molecule has 0 aromatic heterocycles. The highest BCUT2D eigenvalue weighted by Crippen LogP contribution is 2.31. The van der Waals surface area contributed by atoms with Gasteiger partial charge < -0.3 is 10.6 Å². The van der Waals surface area contributed by atoms with E-state index >= 15 is 0 Å². The number of nitrogens with two attached hydrogens (primary N) is 1. The molecular weight excluding hydrogens is 222 g/mol. The van der Waals surface area contributed by atoms with Gasteiger partial charge >= 0.3 is 0 Å². The van der Waals surface area contributed by atoms with Crippen molar-refractivity contribution in [3.8, 4) is 0 Å². The van der Waals surface area contributed by atoms with Gasteiger partial charge in [0.25, 0.3) is 0 Å². The van der Waals surface area contributed by atoms with Crippen molar-refractivity contribution < 1.29 is 0 Å². The highest BCUT2D eigenvalue weighted by Gasteiger charge is 2.21. The Hall–Kier alpha value is -1.48. The highest BCUT2D eigenvalue weighted by molar-refractivity contribution is 6.30. The summed E-state index contributed by atoms with van der Waals surface area (Å²) in [5.41, 5.74) is 9.32.